The first kappa shape index (κ1) is 12.0. The Labute approximate surface area is 104 Å². The smallest absolute Gasteiger partial charge is 0.263 e. The van der Waals surface area contributed by atoms with Gasteiger partial charge in [-0.1, -0.05) is 30.3 Å². The third kappa shape index (κ3) is 2.45. The van der Waals surface area contributed by atoms with Gasteiger partial charge in [-0.25, -0.2) is 4.98 Å². The second-order valence-corrected chi connectivity index (χ2v) is 3.93. The molecule has 2 rings (SSSR count). The summed E-state index contributed by atoms with van der Waals surface area (Å²) in [5.74, 6) is 0.387. The summed E-state index contributed by atoms with van der Waals surface area (Å²) in [4.78, 5) is 30.6. The van der Waals surface area contributed by atoms with E-state index in [-0.39, 0.29) is 5.56 Å². The van der Waals surface area contributed by atoms with Crippen LogP contribution in [-0.4, -0.2) is 23.3 Å². The molecule has 18 heavy (non-hydrogen) atoms. The van der Waals surface area contributed by atoms with E-state index in [1.807, 2.05) is 30.3 Å². The summed E-state index contributed by atoms with van der Waals surface area (Å²) >= 11 is 0. The summed E-state index contributed by atoms with van der Waals surface area (Å²) in [5, 5.41) is 0. The fourth-order valence-corrected chi connectivity index (χ4v) is 1.74. The van der Waals surface area contributed by atoms with Crippen molar-refractivity contribution < 1.29 is 4.79 Å². The molecule has 0 saturated heterocycles. The molecule has 0 fully saturated rings. The summed E-state index contributed by atoms with van der Waals surface area (Å²) < 4.78 is 0. The number of hydrogen-bond donors (Lipinski definition) is 1. The van der Waals surface area contributed by atoms with Crippen molar-refractivity contribution in [1.29, 1.82) is 0 Å². The second-order valence-electron chi connectivity index (χ2n) is 3.93. The van der Waals surface area contributed by atoms with Crippen LogP contribution in [-0.2, 0) is 6.54 Å². The van der Waals surface area contributed by atoms with Gasteiger partial charge in [0.25, 0.3) is 5.56 Å². The Hall–Kier alpha value is -2.43. The normalized spacial score (nSPS) is 10.1. The SMILES string of the molecule is CN(Cc1ccccc1)c1nc[nH]c(=O)c1C=O. The largest absolute Gasteiger partial charge is 0.355 e. The van der Waals surface area contributed by atoms with Gasteiger partial charge in [-0.3, -0.25) is 9.59 Å². The number of nitrogens with zero attached hydrogens (tertiary/aromatic N) is 2. The number of carbonyl (C=O) groups excluding carboxylic acids is 1. The van der Waals surface area contributed by atoms with Crippen molar-refractivity contribution in [2.45, 2.75) is 6.54 Å². The Morgan fingerprint density at radius 3 is 2.72 bits per heavy atom. The molecule has 0 atom stereocenters. The molecule has 0 spiro atoms. The Balaban J connectivity index is 2.29. The van der Waals surface area contributed by atoms with E-state index < -0.39 is 5.56 Å². The lowest BCUT2D eigenvalue weighted by Crippen LogP contribution is -2.24. The number of anilines is 1. The van der Waals surface area contributed by atoms with Crippen LogP contribution in [0.25, 0.3) is 0 Å². The molecule has 0 bridgehead atoms. The maximum atomic E-state index is 11.5. The molecule has 1 N–H and O–H groups in total. The first-order valence-corrected chi connectivity index (χ1v) is 5.50. The van der Waals surface area contributed by atoms with Crippen molar-refractivity contribution in [3.8, 4) is 0 Å². The van der Waals surface area contributed by atoms with Gasteiger partial charge in [0, 0.05) is 13.6 Å². The minimum atomic E-state index is -0.421. The molecule has 5 heteroatoms. The number of rotatable bonds is 4. The van der Waals surface area contributed by atoms with Crippen LogP contribution in [0.15, 0.2) is 41.5 Å². The van der Waals surface area contributed by atoms with Gasteiger partial charge in [-0.05, 0) is 5.56 Å². The molecule has 92 valence electrons. The molecule has 0 amide bonds. The van der Waals surface area contributed by atoms with Crippen molar-refractivity contribution in [1.82, 2.24) is 9.97 Å². The van der Waals surface area contributed by atoms with E-state index in [0.717, 1.165) is 5.56 Å². The molecule has 0 radical (unpaired) electrons. The number of aromatic nitrogens is 2. The van der Waals surface area contributed by atoms with Crippen LogP contribution in [0, 0.1) is 0 Å². The zero-order valence-corrected chi connectivity index (χ0v) is 9.96. The highest BCUT2D eigenvalue weighted by Gasteiger charge is 2.12. The molecule has 0 aliphatic heterocycles. The zero-order valence-electron chi connectivity index (χ0n) is 9.96. The number of aldehydes is 1. The second kappa shape index (κ2) is 5.27. The fourth-order valence-electron chi connectivity index (χ4n) is 1.74. The van der Waals surface area contributed by atoms with Gasteiger partial charge in [0.2, 0.25) is 0 Å². The highest BCUT2D eigenvalue weighted by Crippen LogP contribution is 2.13. The Morgan fingerprint density at radius 1 is 1.33 bits per heavy atom. The lowest BCUT2D eigenvalue weighted by Gasteiger charge is -2.18. The topological polar surface area (TPSA) is 66.1 Å². The molecule has 1 aromatic carbocycles. The molecular weight excluding hydrogens is 230 g/mol. The first-order chi connectivity index (χ1) is 8.72. The number of benzene rings is 1. The summed E-state index contributed by atoms with van der Waals surface area (Å²) in [6.45, 7) is 0.581. The van der Waals surface area contributed by atoms with Gasteiger partial charge in [0.05, 0.1) is 6.33 Å². The van der Waals surface area contributed by atoms with E-state index in [1.54, 1.807) is 11.9 Å². The van der Waals surface area contributed by atoms with Crippen molar-refractivity contribution in [3.05, 3.63) is 58.1 Å². The highest BCUT2D eigenvalue weighted by molar-refractivity contribution is 5.81. The molecule has 0 unspecified atom stereocenters. The van der Waals surface area contributed by atoms with Crippen LogP contribution >= 0.6 is 0 Å². The molecule has 1 aromatic heterocycles. The van der Waals surface area contributed by atoms with Crippen LogP contribution < -0.4 is 10.5 Å². The van der Waals surface area contributed by atoms with E-state index >= 15 is 0 Å². The minimum Gasteiger partial charge on any atom is -0.355 e. The predicted octanol–water partition coefficient (Wildman–Crippen LogP) is 1.22. The molecule has 2 aromatic rings. The zero-order chi connectivity index (χ0) is 13.0. The first-order valence-electron chi connectivity index (χ1n) is 5.50. The van der Waals surface area contributed by atoms with Crippen LogP contribution in [0.5, 0.6) is 0 Å². The van der Waals surface area contributed by atoms with Crippen molar-refractivity contribution in [3.63, 3.8) is 0 Å². The maximum absolute atomic E-state index is 11.5. The van der Waals surface area contributed by atoms with Crippen molar-refractivity contribution >= 4 is 12.1 Å². The average Bonchev–Trinajstić information content (AvgIpc) is 2.39. The van der Waals surface area contributed by atoms with Crippen LogP contribution in [0.1, 0.15) is 15.9 Å². The van der Waals surface area contributed by atoms with Crippen molar-refractivity contribution in [2.24, 2.45) is 0 Å². The van der Waals surface area contributed by atoms with Crippen LogP contribution in [0.4, 0.5) is 5.82 Å². The van der Waals surface area contributed by atoms with Crippen LogP contribution in [0.3, 0.4) is 0 Å². The van der Waals surface area contributed by atoms with Crippen molar-refractivity contribution in [2.75, 3.05) is 11.9 Å². The minimum absolute atomic E-state index is 0.0518. The van der Waals surface area contributed by atoms with E-state index in [2.05, 4.69) is 9.97 Å². The summed E-state index contributed by atoms with van der Waals surface area (Å²) in [6, 6.07) is 9.77. The number of carbonyl (C=O) groups is 1. The van der Waals surface area contributed by atoms with Gasteiger partial charge in [0.15, 0.2) is 6.29 Å². The molecule has 0 aliphatic carbocycles. The van der Waals surface area contributed by atoms with Gasteiger partial charge in [0.1, 0.15) is 11.4 Å². The average molecular weight is 243 g/mol. The van der Waals surface area contributed by atoms with E-state index in [4.69, 9.17) is 0 Å². The lowest BCUT2D eigenvalue weighted by atomic mass is 10.2. The predicted molar refractivity (Wildman–Crippen MR) is 68.8 cm³/mol. The van der Waals surface area contributed by atoms with E-state index in [9.17, 15) is 9.59 Å². The van der Waals surface area contributed by atoms with Gasteiger partial charge >= 0.3 is 0 Å². The standard InChI is InChI=1S/C13H13N3O2/c1-16(7-10-5-3-2-4-6-10)12-11(8-17)13(18)15-9-14-12/h2-6,8-9H,7H2,1H3,(H,14,15,18). The van der Waals surface area contributed by atoms with E-state index in [0.29, 0.717) is 18.6 Å². The summed E-state index contributed by atoms with van der Waals surface area (Å²) in [7, 11) is 1.79. The maximum Gasteiger partial charge on any atom is 0.263 e. The van der Waals surface area contributed by atoms with Gasteiger partial charge in [-0.2, -0.15) is 0 Å². The number of aromatic amines is 1. The third-order valence-electron chi connectivity index (χ3n) is 2.61. The van der Waals surface area contributed by atoms with E-state index in [1.165, 1.54) is 6.33 Å². The molecular formula is C13H13N3O2. The molecule has 1 heterocycles. The Kier molecular flexibility index (Phi) is 3.52. The number of hydrogen-bond acceptors (Lipinski definition) is 4. The summed E-state index contributed by atoms with van der Waals surface area (Å²) in [5.41, 5.74) is 0.713. The molecule has 0 saturated carbocycles. The fraction of sp³-hybridized carbons (Fsp3) is 0.154. The Bertz CT molecular complexity index is 593. The quantitative estimate of drug-likeness (QED) is 0.820. The number of H-pyrrole nitrogens is 1. The van der Waals surface area contributed by atoms with Gasteiger partial charge in [-0.15, -0.1) is 0 Å². The molecule has 5 nitrogen and oxygen atoms in total. The van der Waals surface area contributed by atoms with Gasteiger partial charge < -0.3 is 9.88 Å². The molecule has 0 aliphatic rings. The summed E-state index contributed by atoms with van der Waals surface area (Å²) in [6.07, 6.45) is 1.83. The van der Waals surface area contributed by atoms with Crippen LogP contribution in [0.2, 0.25) is 0 Å². The highest BCUT2D eigenvalue weighted by atomic mass is 16.1. The lowest BCUT2D eigenvalue weighted by molar-refractivity contribution is 0.112. The number of nitrogens with one attached hydrogen (secondary N) is 1. The third-order valence-corrected chi connectivity index (χ3v) is 2.61. The Morgan fingerprint density at radius 2 is 2.06 bits per heavy atom. The monoisotopic (exact) mass is 243 g/mol.